The Balaban J connectivity index is 1.90. The van der Waals surface area contributed by atoms with E-state index in [-0.39, 0.29) is 0 Å². The molecular weight excluding hydrogens is 238 g/mol. The summed E-state index contributed by atoms with van der Waals surface area (Å²) in [4.78, 5) is 6.90. The van der Waals surface area contributed by atoms with Crippen LogP contribution in [0, 0.1) is 0 Å². The number of anilines is 1. The summed E-state index contributed by atoms with van der Waals surface area (Å²) in [5, 5.41) is 1.04. The van der Waals surface area contributed by atoms with Crippen molar-refractivity contribution in [2.45, 2.75) is 19.6 Å². The van der Waals surface area contributed by atoms with Crippen LogP contribution in [0.3, 0.4) is 0 Å². The predicted molar refractivity (Wildman–Crippen MR) is 76.8 cm³/mol. The van der Waals surface area contributed by atoms with Crippen LogP contribution in [-0.2, 0) is 11.3 Å². The first-order valence-electron chi connectivity index (χ1n) is 6.70. The van der Waals surface area contributed by atoms with Crippen LogP contribution >= 0.6 is 0 Å². The predicted octanol–water partition coefficient (Wildman–Crippen LogP) is 2.04. The first kappa shape index (κ1) is 12.4. The number of nitrogen functional groups attached to an aromatic ring is 1. The van der Waals surface area contributed by atoms with Gasteiger partial charge in [-0.3, -0.25) is 9.88 Å². The summed E-state index contributed by atoms with van der Waals surface area (Å²) >= 11 is 0. The SMILES string of the molecule is CC1CN(Cc2ccc(N)c3cccnc23)CCO1. The lowest BCUT2D eigenvalue weighted by molar-refractivity contribution is -0.0210. The Hall–Kier alpha value is -1.65. The zero-order valence-electron chi connectivity index (χ0n) is 11.2. The van der Waals surface area contributed by atoms with Crippen molar-refractivity contribution >= 4 is 16.6 Å². The molecule has 0 spiro atoms. The van der Waals surface area contributed by atoms with Gasteiger partial charge in [0.15, 0.2) is 0 Å². The van der Waals surface area contributed by atoms with Crippen molar-refractivity contribution < 1.29 is 4.74 Å². The second-order valence-corrected chi connectivity index (χ2v) is 5.13. The van der Waals surface area contributed by atoms with Crippen molar-refractivity contribution in [3.63, 3.8) is 0 Å². The molecule has 1 aromatic carbocycles. The van der Waals surface area contributed by atoms with Gasteiger partial charge in [0.05, 0.1) is 18.2 Å². The first-order chi connectivity index (χ1) is 9.24. The molecule has 4 nitrogen and oxygen atoms in total. The summed E-state index contributed by atoms with van der Waals surface area (Å²) in [7, 11) is 0. The van der Waals surface area contributed by atoms with Gasteiger partial charge in [0.25, 0.3) is 0 Å². The maximum atomic E-state index is 6.01. The lowest BCUT2D eigenvalue weighted by Gasteiger charge is -2.31. The van der Waals surface area contributed by atoms with E-state index in [1.165, 1.54) is 5.56 Å². The Bertz CT molecular complexity index is 585. The topological polar surface area (TPSA) is 51.4 Å². The molecule has 1 aliphatic heterocycles. The van der Waals surface area contributed by atoms with Gasteiger partial charge in [-0.05, 0) is 30.7 Å². The molecule has 1 fully saturated rings. The molecule has 0 aliphatic carbocycles. The number of benzene rings is 1. The Kier molecular flexibility index (Phi) is 3.36. The quantitative estimate of drug-likeness (QED) is 0.836. The normalized spacial score (nSPS) is 20.8. The fourth-order valence-corrected chi connectivity index (χ4v) is 2.66. The minimum atomic E-state index is 0.307. The second kappa shape index (κ2) is 5.15. The van der Waals surface area contributed by atoms with E-state index in [4.69, 9.17) is 10.5 Å². The van der Waals surface area contributed by atoms with E-state index in [0.717, 1.165) is 42.8 Å². The molecule has 4 heteroatoms. The van der Waals surface area contributed by atoms with Gasteiger partial charge in [-0.2, -0.15) is 0 Å². The number of ether oxygens (including phenoxy) is 1. The Labute approximate surface area is 113 Å². The van der Waals surface area contributed by atoms with Crippen molar-refractivity contribution in [3.8, 4) is 0 Å². The summed E-state index contributed by atoms with van der Waals surface area (Å²) in [6.45, 7) is 5.77. The standard InChI is InChI=1S/C15H19N3O/c1-11-9-18(7-8-19-11)10-12-4-5-14(16)13-3-2-6-17-15(12)13/h2-6,11H,7-10,16H2,1H3. The molecule has 1 aliphatic rings. The number of rotatable bonds is 2. The van der Waals surface area contributed by atoms with E-state index in [1.54, 1.807) is 0 Å². The number of aromatic nitrogens is 1. The average molecular weight is 257 g/mol. The minimum absolute atomic E-state index is 0.307. The highest BCUT2D eigenvalue weighted by atomic mass is 16.5. The van der Waals surface area contributed by atoms with Gasteiger partial charge in [-0.15, -0.1) is 0 Å². The summed E-state index contributed by atoms with van der Waals surface area (Å²) in [5.41, 5.74) is 9.05. The number of nitrogens with zero attached hydrogens (tertiary/aromatic N) is 2. The molecule has 3 rings (SSSR count). The van der Waals surface area contributed by atoms with E-state index in [9.17, 15) is 0 Å². The first-order valence-corrected chi connectivity index (χ1v) is 6.70. The van der Waals surface area contributed by atoms with E-state index >= 15 is 0 Å². The van der Waals surface area contributed by atoms with Gasteiger partial charge in [0.1, 0.15) is 0 Å². The maximum absolute atomic E-state index is 6.01. The van der Waals surface area contributed by atoms with Gasteiger partial charge < -0.3 is 10.5 Å². The van der Waals surface area contributed by atoms with Gasteiger partial charge in [-0.1, -0.05) is 6.07 Å². The fourth-order valence-electron chi connectivity index (χ4n) is 2.66. The lowest BCUT2D eigenvalue weighted by Crippen LogP contribution is -2.40. The highest BCUT2D eigenvalue weighted by molar-refractivity contribution is 5.92. The number of morpholine rings is 1. The number of nitrogens with two attached hydrogens (primary N) is 1. The van der Waals surface area contributed by atoms with Crippen LogP contribution < -0.4 is 5.73 Å². The fraction of sp³-hybridized carbons (Fsp3) is 0.400. The van der Waals surface area contributed by atoms with Gasteiger partial charge >= 0.3 is 0 Å². The smallest absolute Gasteiger partial charge is 0.0767 e. The summed E-state index contributed by atoms with van der Waals surface area (Å²) in [6, 6.07) is 8.02. The molecule has 1 unspecified atom stereocenters. The monoisotopic (exact) mass is 257 g/mol. The third kappa shape index (κ3) is 2.55. The maximum Gasteiger partial charge on any atom is 0.0767 e. The molecular formula is C15H19N3O. The summed E-state index contributed by atoms with van der Waals surface area (Å²) in [5.74, 6) is 0. The average Bonchev–Trinajstić information content (AvgIpc) is 2.42. The number of pyridine rings is 1. The van der Waals surface area contributed by atoms with Crippen LogP contribution in [0.4, 0.5) is 5.69 Å². The highest BCUT2D eigenvalue weighted by Crippen LogP contribution is 2.24. The molecule has 19 heavy (non-hydrogen) atoms. The Morgan fingerprint density at radius 2 is 2.32 bits per heavy atom. The van der Waals surface area contributed by atoms with Gasteiger partial charge in [0.2, 0.25) is 0 Å². The molecule has 2 N–H and O–H groups in total. The summed E-state index contributed by atoms with van der Waals surface area (Å²) < 4.78 is 5.58. The van der Waals surface area contributed by atoms with Crippen LogP contribution in [0.2, 0.25) is 0 Å². The Morgan fingerprint density at radius 3 is 3.16 bits per heavy atom. The van der Waals surface area contributed by atoms with E-state index in [2.05, 4.69) is 22.9 Å². The third-order valence-corrected chi connectivity index (χ3v) is 3.61. The van der Waals surface area contributed by atoms with Crippen molar-refractivity contribution in [3.05, 3.63) is 36.0 Å². The molecule has 0 saturated carbocycles. The lowest BCUT2D eigenvalue weighted by atomic mass is 10.1. The van der Waals surface area contributed by atoms with Gasteiger partial charge in [0, 0.05) is 36.9 Å². The van der Waals surface area contributed by atoms with E-state index in [0.29, 0.717) is 6.10 Å². The van der Waals surface area contributed by atoms with Crippen LogP contribution in [0.1, 0.15) is 12.5 Å². The van der Waals surface area contributed by atoms with Crippen LogP contribution in [0.25, 0.3) is 10.9 Å². The van der Waals surface area contributed by atoms with Crippen molar-refractivity contribution in [1.82, 2.24) is 9.88 Å². The molecule has 2 aromatic rings. The number of fused-ring (bicyclic) bond motifs is 1. The molecule has 0 bridgehead atoms. The Morgan fingerprint density at radius 1 is 1.42 bits per heavy atom. The third-order valence-electron chi connectivity index (χ3n) is 3.61. The zero-order valence-corrected chi connectivity index (χ0v) is 11.2. The molecule has 1 aromatic heterocycles. The molecule has 100 valence electrons. The highest BCUT2D eigenvalue weighted by Gasteiger charge is 2.17. The van der Waals surface area contributed by atoms with Crippen LogP contribution in [-0.4, -0.2) is 35.7 Å². The van der Waals surface area contributed by atoms with E-state index in [1.807, 2.05) is 24.4 Å². The van der Waals surface area contributed by atoms with Crippen LogP contribution in [0.5, 0.6) is 0 Å². The molecule has 1 saturated heterocycles. The number of hydrogen-bond acceptors (Lipinski definition) is 4. The van der Waals surface area contributed by atoms with Crippen molar-refractivity contribution in [2.24, 2.45) is 0 Å². The molecule has 1 atom stereocenters. The zero-order chi connectivity index (χ0) is 13.2. The molecule has 0 radical (unpaired) electrons. The second-order valence-electron chi connectivity index (χ2n) is 5.13. The van der Waals surface area contributed by atoms with Crippen molar-refractivity contribution in [2.75, 3.05) is 25.4 Å². The summed E-state index contributed by atoms with van der Waals surface area (Å²) in [6.07, 6.45) is 2.13. The van der Waals surface area contributed by atoms with Crippen molar-refractivity contribution in [1.29, 1.82) is 0 Å². The number of hydrogen-bond donors (Lipinski definition) is 1. The van der Waals surface area contributed by atoms with Gasteiger partial charge in [-0.25, -0.2) is 0 Å². The molecule has 2 heterocycles. The van der Waals surface area contributed by atoms with E-state index < -0.39 is 0 Å². The largest absolute Gasteiger partial charge is 0.398 e. The molecule has 0 amide bonds. The van der Waals surface area contributed by atoms with Crippen LogP contribution in [0.15, 0.2) is 30.5 Å². The minimum Gasteiger partial charge on any atom is -0.398 e.